The molecule has 104 valence electrons. The molecule has 1 N–H and O–H groups in total. The van der Waals surface area contributed by atoms with Crippen LogP contribution in [0, 0.1) is 6.92 Å². The van der Waals surface area contributed by atoms with E-state index in [1.165, 1.54) is 6.20 Å². The smallest absolute Gasteiger partial charge is 0.271 e. The number of carbonyl (C=O) groups is 1. The minimum Gasteiger partial charge on any atom is -0.497 e. The minimum atomic E-state index is -0.330. The van der Waals surface area contributed by atoms with Gasteiger partial charge in [0, 0.05) is 6.54 Å². The van der Waals surface area contributed by atoms with Gasteiger partial charge in [-0.2, -0.15) is 0 Å². The van der Waals surface area contributed by atoms with Gasteiger partial charge >= 0.3 is 0 Å². The highest BCUT2D eigenvalue weighted by molar-refractivity contribution is 6.33. The molecule has 0 spiro atoms. The molecule has 0 radical (unpaired) electrons. The Morgan fingerprint density at radius 3 is 3.00 bits per heavy atom. The third-order valence-electron chi connectivity index (χ3n) is 2.67. The number of ether oxygens (including phenoxy) is 1. The number of rotatable bonds is 4. The number of benzene rings is 1. The quantitative estimate of drug-likeness (QED) is 0.939. The van der Waals surface area contributed by atoms with E-state index >= 15 is 0 Å². The van der Waals surface area contributed by atoms with Crippen LogP contribution in [-0.2, 0) is 6.54 Å². The average molecular weight is 292 g/mol. The highest BCUT2D eigenvalue weighted by Crippen LogP contribution is 2.14. The predicted octanol–water partition coefficient (Wildman–Crippen LogP) is 2.38. The second-order valence-electron chi connectivity index (χ2n) is 4.15. The second-order valence-corrected chi connectivity index (χ2v) is 4.56. The molecule has 2 aromatic rings. The van der Waals surface area contributed by atoms with E-state index in [0.29, 0.717) is 12.4 Å². The van der Waals surface area contributed by atoms with Crippen LogP contribution < -0.4 is 10.1 Å². The van der Waals surface area contributed by atoms with Crippen molar-refractivity contribution in [2.24, 2.45) is 0 Å². The molecule has 2 rings (SSSR count). The molecule has 6 heteroatoms. The second kappa shape index (κ2) is 6.34. The number of hydrogen-bond acceptors (Lipinski definition) is 4. The summed E-state index contributed by atoms with van der Waals surface area (Å²) < 4.78 is 5.13. The molecule has 0 fully saturated rings. The Bertz CT molecular complexity index is 632. The number of halogens is 1. The van der Waals surface area contributed by atoms with E-state index in [-0.39, 0.29) is 16.6 Å². The summed E-state index contributed by atoms with van der Waals surface area (Å²) in [7, 11) is 1.60. The SMILES string of the molecule is COc1cccc(CNC(=O)c2nc(C)ncc2Cl)c1. The van der Waals surface area contributed by atoms with E-state index in [2.05, 4.69) is 15.3 Å². The molecular formula is C14H14ClN3O2. The maximum atomic E-state index is 12.0. The van der Waals surface area contributed by atoms with Gasteiger partial charge in [0.1, 0.15) is 17.3 Å². The van der Waals surface area contributed by atoms with Crippen molar-refractivity contribution in [3.8, 4) is 5.75 Å². The standard InChI is InChI=1S/C14H14ClN3O2/c1-9-16-8-12(15)13(18-9)14(19)17-7-10-4-3-5-11(6-10)20-2/h3-6,8H,7H2,1-2H3,(H,17,19). The van der Waals surface area contributed by atoms with E-state index in [0.717, 1.165) is 11.3 Å². The molecule has 0 saturated carbocycles. The van der Waals surface area contributed by atoms with E-state index in [9.17, 15) is 4.79 Å². The number of aromatic nitrogens is 2. The highest BCUT2D eigenvalue weighted by Gasteiger charge is 2.12. The molecule has 1 aromatic carbocycles. The zero-order chi connectivity index (χ0) is 14.5. The summed E-state index contributed by atoms with van der Waals surface area (Å²) in [5, 5.41) is 3.00. The van der Waals surface area contributed by atoms with Gasteiger partial charge < -0.3 is 10.1 Å². The minimum absolute atomic E-state index is 0.182. The van der Waals surface area contributed by atoms with Gasteiger partial charge in [-0.15, -0.1) is 0 Å². The van der Waals surface area contributed by atoms with Gasteiger partial charge in [-0.25, -0.2) is 9.97 Å². The molecule has 20 heavy (non-hydrogen) atoms. The Kier molecular flexibility index (Phi) is 4.53. The fourth-order valence-electron chi connectivity index (χ4n) is 1.66. The van der Waals surface area contributed by atoms with Crippen LogP contribution >= 0.6 is 11.6 Å². The van der Waals surface area contributed by atoms with Crippen molar-refractivity contribution in [2.75, 3.05) is 7.11 Å². The lowest BCUT2D eigenvalue weighted by Crippen LogP contribution is -2.24. The van der Waals surface area contributed by atoms with E-state index in [1.54, 1.807) is 14.0 Å². The fourth-order valence-corrected chi connectivity index (χ4v) is 1.84. The number of nitrogens with zero attached hydrogens (tertiary/aromatic N) is 2. The first kappa shape index (κ1) is 14.3. The molecule has 1 amide bonds. The van der Waals surface area contributed by atoms with Crippen molar-refractivity contribution in [1.29, 1.82) is 0 Å². The van der Waals surface area contributed by atoms with E-state index in [4.69, 9.17) is 16.3 Å². The topological polar surface area (TPSA) is 64.1 Å². The number of nitrogens with one attached hydrogen (secondary N) is 1. The van der Waals surface area contributed by atoms with Crippen LogP contribution in [0.3, 0.4) is 0 Å². The van der Waals surface area contributed by atoms with Crippen LogP contribution in [-0.4, -0.2) is 23.0 Å². The van der Waals surface area contributed by atoms with Crippen molar-refractivity contribution in [1.82, 2.24) is 15.3 Å². The lowest BCUT2D eigenvalue weighted by Gasteiger charge is -2.07. The Morgan fingerprint density at radius 1 is 1.45 bits per heavy atom. The summed E-state index contributed by atoms with van der Waals surface area (Å²) >= 11 is 5.91. The molecular weight excluding hydrogens is 278 g/mol. The summed E-state index contributed by atoms with van der Waals surface area (Å²) in [6.07, 6.45) is 1.42. The number of hydrogen-bond donors (Lipinski definition) is 1. The van der Waals surface area contributed by atoms with Gasteiger partial charge in [0.2, 0.25) is 0 Å². The zero-order valence-electron chi connectivity index (χ0n) is 11.2. The van der Waals surface area contributed by atoms with Crippen molar-refractivity contribution in [3.05, 3.63) is 52.6 Å². The summed E-state index contributed by atoms with van der Waals surface area (Å²) in [6, 6.07) is 7.46. The maximum absolute atomic E-state index is 12.0. The maximum Gasteiger partial charge on any atom is 0.271 e. The third-order valence-corrected chi connectivity index (χ3v) is 2.94. The monoisotopic (exact) mass is 291 g/mol. The zero-order valence-corrected chi connectivity index (χ0v) is 11.9. The largest absolute Gasteiger partial charge is 0.497 e. The molecule has 0 aliphatic heterocycles. The summed E-state index contributed by atoms with van der Waals surface area (Å²) in [6.45, 7) is 2.07. The van der Waals surface area contributed by atoms with E-state index < -0.39 is 0 Å². The van der Waals surface area contributed by atoms with Crippen molar-refractivity contribution >= 4 is 17.5 Å². The van der Waals surface area contributed by atoms with Crippen molar-refractivity contribution in [3.63, 3.8) is 0 Å². The number of carbonyl (C=O) groups excluding carboxylic acids is 1. The first-order chi connectivity index (χ1) is 9.60. The molecule has 0 unspecified atom stereocenters. The molecule has 1 heterocycles. The molecule has 0 bridgehead atoms. The Hall–Kier alpha value is -2.14. The van der Waals surface area contributed by atoms with Gasteiger partial charge in [-0.3, -0.25) is 4.79 Å². The lowest BCUT2D eigenvalue weighted by molar-refractivity contribution is 0.0945. The van der Waals surface area contributed by atoms with Crippen molar-refractivity contribution in [2.45, 2.75) is 13.5 Å². The third kappa shape index (κ3) is 3.45. The van der Waals surface area contributed by atoms with Crippen molar-refractivity contribution < 1.29 is 9.53 Å². The Balaban J connectivity index is 2.06. The van der Waals surface area contributed by atoms with Gasteiger partial charge in [0.15, 0.2) is 0 Å². The molecule has 1 aromatic heterocycles. The van der Waals surface area contributed by atoms with Crippen LogP contribution in [0.1, 0.15) is 21.9 Å². The predicted molar refractivity (Wildman–Crippen MR) is 75.9 cm³/mol. The van der Waals surface area contributed by atoms with Gasteiger partial charge in [0.05, 0.1) is 18.3 Å². The first-order valence-corrected chi connectivity index (χ1v) is 6.38. The fraction of sp³-hybridized carbons (Fsp3) is 0.214. The lowest BCUT2D eigenvalue weighted by atomic mass is 10.2. The molecule has 0 atom stereocenters. The molecule has 0 saturated heterocycles. The summed E-state index contributed by atoms with van der Waals surface area (Å²) in [4.78, 5) is 20.0. The summed E-state index contributed by atoms with van der Waals surface area (Å²) in [5.74, 6) is 0.914. The Labute approximate surface area is 122 Å². The first-order valence-electron chi connectivity index (χ1n) is 6.00. The number of amides is 1. The van der Waals surface area contributed by atoms with Crippen LogP contribution in [0.2, 0.25) is 5.02 Å². The Morgan fingerprint density at radius 2 is 2.25 bits per heavy atom. The highest BCUT2D eigenvalue weighted by atomic mass is 35.5. The number of methoxy groups -OCH3 is 1. The van der Waals surface area contributed by atoms with Crippen LogP contribution in [0.4, 0.5) is 0 Å². The van der Waals surface area contributed by atoms with Crippen LogP contribution in [0.5, 0.6) is 5.75 Å². The molecule has 0 aliphatic rings. The average Bonchev–Trinajstić information content (AvgIpc) is 2.47. The normalized spacial score (nSPS) is 10.2. The van der Waals surface area contributed by atoms with E-state index in [1.807, 2.05) is 24.3 Å². The van der Waals surface area contributed by atoms with Gasteiger partial charge in [0.25, 0.3) is 5.91 Å². The van der Waals surface area contributed by atoms with Crippen LogP contribution in [0.15, 0.2) is 30.5 Å². The van der Waals surface area contributed by atoms with Gasteiger partial charge in [-0.05, 0) is 24.6 Å². The van der Waals surface area contributed by atoms with Gasteiger partial charge in [-0.1, -0.05) is 23.7 Å². The summed E-state index contributed by atoms with van der Waals surface area (Å²) in [5.41, 5.74) is 1.11. The van der Waals surface area contributed by atoms with Crippen LogP contribution in [0.25, 0.3) is 0 Å². The molecule has 0 aliphatic carbocycles. The number of aryl methyl sites for hydroxylation is 1. The molecule has 5 nitrogen and oxygen atoms in total.